The number of aromatic nitrogens is 1. The van der Waals surface area contributed by atoms with Crippen molar-refractivity contribution < 1.29 is 4.79 Å². The van der Waals surface area contributed by atoms with Crippen molar-refractivity contribution in [2.45, 2.75) is 26.2 Å². The smallest absolute Gasteiger partial charge is 0.231 e. The first kappa shape index (κ1) is 12.3. The number of hydrogen-bond acceptors (Lipinski definition) is 3. The highest BCUT2D eigenvalue weighted by atomic mass is 35.5. The number of hydrogen-bond donors (Lipinski definition) is 2. The average Bonchev–Trinajstić information content (AvgIpc) is 2.23. The fraction of sp³-hybridized carbons (Fsp3) is 0.500. The Morgan fingerprint density at radius 2 is 2.35 bits per heavy atom. The molecular formula is C12H16ClN3O. The van der Waals surface area contributed by atoms with Crippen molar-refractivity contribution in [1.82, 2.24) is 4.98 Å². The van der Waals surface area contributed by atoms with Gasteiger partial charge in [0, 0.05) is 6.54 Å². The van der Waals surface area contributed by atoms with Gasteiger partial charge >= 0.3 is 0 Å². The van der Waals surface area contributed by atoms with Crippen molar-refractivity contribution in [3.8, 4) is 0 Å². The van der Waals surface area contributed by atoms with Gasteiger partial charge in [0.2, 0.25) is 5.91 Å². The fourth-order valence-corrected chi connectivity index (χ4v) is 2.12. The highest BCUT2D eigenvalue weighted by Gasteiger charge is 2.42. The molecule has 0 unspecified atom stereocenters. The van der Waals surface area contributed by atoms with Gasteiger partial charge in [0.05, 0.1) is 17.3 Å². The number of anilines is 1. The van der Waals surface area contributed by atoms with E-state index in [9.17, 15) is 4.79 Å². The molecule has 4 nitrogen and oxygen atoms in total. The molecule has 5 heteroatoms. The minimum Gasteiger partial charge on any atom is -0.329 e. The Bertz CT molecular complexity index is 438. The Kier molecular flexibility index (Phi) is 3.35. The van der Waals surface area contributed by atoms with Gasteiger partial charge in [-0.1, -0.05) is 18.0 Å². The molecule has 1 amide bonds. The monoisotopic (exact) mass is 253 g/mol. The maximum atomic E-state index is 12.1. The highest BCUT2D eigenvalue weighted by Crippen LogP contribution is 2.40. The van der Waals surface area contributed by atoms with E-state index in [0.29, 0.717) is 17.4 Å². The van der Waals surface area contributed by atoms with Crippen LogP contribution >= 0.6 is 11.6 Å². The summed E-state index contributed by atoms with van der Waals surface area (Å²) in [6.07, 6.45) is 4.38. The van der Waals surface area contributed by atoms with Gasteiger partial charge in [0.1, 0.15) is 5.15 Å². The normalized spacial score (nSPS) is 17.4. The van der Waals surface area contributed by atoms with Gasteiger partial charge in [-0.3, -0.25) is 4.79 Å². The zero-order valence-electron chi connectivity index (χ0n) is 9.79. The van der Waals surface area contributed by atoms with E-state index in [2.05, 4.69) is 10.3 Å². The molecule has 2 rings (SSSR count). The van der Waals surface area contributed by atoms with Gasteiger partial charge in [0.15, 0.2) is 0 Å². The summed E-state index contributed by atoms with van der Waals surface area (Å²) in [6, 6.07) is 1.82. The summed E-state index contributed by atoms with van der Waals surface area (Å²) in [6.45, 7) is 2.26. The standard InChI is InChI=1S/C12H16ClN3O/c1-8-5-9(6-15-10(8)13)16-11(17)12(7-14)3-2-4-12/h5-6H,2-4,7,14H2,1H3,(H,16,17). The Hall–Kier alpha value is -1.13. The third-order valence-electron chi connectivity index (χ3n) is 3.46. The van der Waals surface area contributed by atoms with Crippen LogP contribution in [0.15, 0.2) is 12.3 Å². The second kappa shape index (κ2) is 4.63. The molecule has 1 fully saturated rings. The van der Waals surface area contributed by atoms with E-state index in [4.69, 9.17) is 17.3 Å². The Balaban J connectivity index is 2.10. The zero-order chi connectivity index (χ0) is 12.5. The number of nitrogens with two attached hydrogens (primary N) is 1. The lowest BCUT2D eigenvalue weighted by molar-refractivity contribution is -0.129. The summed E-state index contributed by atoms with van der Waals surface area (Å²) < 4.78 is 0. The largest absolute Gasteiger partial charge is 0.329 e. The molecule has 0 spiro atoms. The quantitative estimate of drug-likeness (QED) is 0.811. The third kappa shape index (κ3) is 2.28. The van der Waals surface area contributed by atoms with Crippen molar-refractivity contribution in [2.24, 2.45) is 11.1 Å². The van der Waals surface area contributed by atoms with Gasteiger partial charge in [-0.15, -0.1) is 0 Å². The minimum atomic E-state index is -0.368. The molecule has 1 heterocycles. The molecular weight excluding hydrogens is 238 g/mol. The van der Waals surface area contributed by atoms with E-state index in [-0.39, 0.29) is 11.3 Å². The molecule has 3 N–H and O–H groups in total. The van der Waals surface area contributed by atoms with Crippen molar-refractivity contribution in [2.75, 3.05) is 11.9 Å². The Morgan fingerprint density at radius 3 is 2.82 bits per heavy atom. The van der Waals surface area contributed by atoms with E-state index in [0.717, 1.165) is 24.8 Å². The fourth-order valence-electron chi connectivity index (χ4n) is 2.02. The summed E-state index contributed by atoms with van der Waals surface area (Å²) in [5.74, 6) is -0.00484. The van der Waals surface area contributed by atoms with E-state index in [1.807, 2.05) is 13.0 Å². The van der Waals surface area contributed by atoms with Crippen molar-refractivity contribution in [3.63, 3.8) is 0 Å². The first-order chi connectivity index (χ1) is 8.07. The molecule has 1 aromatic heterocycles. The van der Waals surface area contributed by atoms with Crippen LogP contribution in [0.3, 0.4) is 0 Å². The van der Waals surface area contributed by atoms with Crippen LogP contribution in [0, 0.1) is 12.3 Å². The Morgan fingerprint density at radius 1 is 1.65 bits per heavy atom. The van der Waals surface area contributed by atoms with Crippen molar-refractivity contribution in [1.29, 1.82) is 0 Å². The second-order valence-corrected chi connectivity index (χ2v) is 4.98. The van der Waals surface area contributed by atoms with Crippen LogP contribution in [-0.2, 0) is 4.79 Å². The summed E-state index contributed by atoms with van der Waals surface area (Å²) in [7, 11) is 0. The molecule has 0 aromatic carbocycles. The summed E-state index contributed by atoms with van der Waals surface area (Å²) in [4.78, 5) is 16.1. The number of pyridine rings is 1. The number of nitrogens with one attached hydrogen (secondary N) is 1. The first-order valence-electron chi connectivity index (χ1n) is 5.71. The Labute approximate surface area is 106 Å². The zero-order valence-corrected chi connectivity index (χ0v) is 10.5. The predicted octanol–water partition coefficient (Wildman–Crippen LogP) is 2.11. The highest BCUT2D eigenvalue weighted by molar-refractivity contribution is 6.30. The molecule has 1 aliphatic carbocycles. The number of halogens is 1. The van der Waals surface area contributed by atoms with Gasteiger partial charge in [-0.2, -0.15) is 0 Å². The van der Waals surface area contributed by atoms with Crippen molar-refractivity contribution in [3.05, 3.63) is 23.0 Å². The van der Waals surface area contributed by atoms with Crippen LogP contribution in [0.1, 0.15) is 24.8 Å². The summed E-state index contributed by atoms with van der Waals surface area (Å²) >= 11 is 5.83. The lowest BCUT2D eigenvalue weighted by atomic mass is 9.68. The molecule has 1 saturated carbocycles. The lowest BCUT2D eigenvalue weighted by Gasteiger charge is -2.39. The molecule has 0 atom stereocenters. The summed E-state index contributed by atoms with van der Waals surface area (Å²) in [5, 5.41) is 3.32. The van der Waals surface area contributed by atoms with Gasteiger partial charge < -0.3 is 11.1 Å². The van der Waals surface area contributed by atoms with Crippen molar-refractivity contribution >= 4 is 23.2 Å². The van der Waals surface area contributed by atoms with E-state index in [1.54, 1.807) is 6.20 Å². The average molecular weight is 254 g/mol. The van der Waals surface area contributed by atoms with E-state index >= 15 is 0 Å². The van der Waals surface area contributed by atoms with Crippen LogP contribution in [0.4, 0.5) is 5.69 Å². The number of rotatable bonds is 3. The molecule has 0 radical (unpaired) electrons. The molecule has 92 valence electrons. The minimum absolute atomic E-state index is 0.00484. The number of carbonyl (C=O) groups excluding carboxylic acids is 1. The maximum Gasteiger partial charge on any atom is 0.231 e. The van der Waals surface area contributed by atoms with Gasteiger partial charge in [0.25, 0.3) is 0 Å². The number of amides is 1. The molecule has 1 aliphatic rings. The van der Waals surface area contributed by atoms with Gasteiger partial charge in [-0.05, 0) is 31.4 Å². The predicted molar refractivity (Wildman–Crippen MR) is 68.0 cm³/mol. The second-order valence-electron chi connectivity index (χ2n) is 4.62. The number of aryl methyl sites for hydroxylation is 1. The topological polar surface area (TPSA) is 68.0 Å². The summed E-state index contributed by atoms with van der Waals surface area (Å²) in [5.41, 5.74) is 6.84. The van der Waals surface area contributed by atoms with Crippen LogP contribution in [-0.4, -0.2) is 17.4 Å². The van der Waals surface area contributed by atoms with Crippen LogP contribution in [0.5, 0.6) is 0 Å². The molecule has 0 bridgehead atoms. The van der Waals surface area contributed by atoms with Gasteiger partial charge in [-0.25, -0.2) is 4.98 Å². The lowest BCUT2D eigenvalue weighted by Crippen LogP contribution is -2.47. The van der Waals surface area contributed by atoms with E-state index in [1.165, 1.54) is 0 Å². The molecule has 0 aliphatic heterocycles. The molecule has 1 aromatic rings. The van der Waals surface area contributed by atoms with Crippen LogP contribution < -0.4 is 11.1 Å². The molecule has 0 saturated heterocycles. The van der Waals surface area contributed by atoms with Crippen LogP contribution in [0.25, 0.3) is 0 Å². The number of carbonyl (C=O) groups is 1. The maximum absolute atomic E-state index is 12.1. The van der Waals surface area contributed by atoms with E-state index < -0.39 is 0 Å². The van der Waals surface area contributed by atoms with Crippen LogP contribution in [0.2, 0.25) is 5.15 Å². The SMILES string of the molecule is Cc1cc(NC(=O)C2(CN)CCC2)cnc1Cl. The molecule has 17 heavy (non-hydrogen) atoms. The first-order valence-corrected chi connectivity index (χ1v) is 6.09. The number of nitrogens with zero attached hydrogens (tertiary/aromatic N) is 1. The third-order valence-corrected chi connectivity index (χ3v) is 3.85.